The van der Waals surface area contributed by atoms with Crippen LogP contribution in [0.5, 0.6) is 11.5 Å². The van der Waals surface area contributed by atoms with Gasteiger partial charge >= 0.3 is 11.6 Å². The predicted molar refractivity (Wildman–Crippen MR) is 117 cm³/mol. The van der Waals surface area contributed by atoms with Gasteiger partial charge < -0.3 is 24.1 Å². The second-order valence-corrected chi connectivity index (χ2v) is 9.21. The quantitative estimate of drug-likeness (QED) is 0.390. The van der Waals surface area contributed by atoms with Crippen LogP contribution in [0.4, 0.5) is 0 Å². The summed E-state index contributed by atoms with van der Waals surface area (Å²) in [5, 5.41) is 21.9. The van der Waals surface area contributed by atoms with Crippen molar-refractivity contribution in [2.24, 2.45) is 5.92 Å². The van der Waals surface area contributed by atoms with Gasteiger partial charge in [0.1, 0.15) is 28.8 Å². The molecule has 32 heavy (non-hydrogen) atoms. The summed E-state index contributed by atoms with van der Waals surface area (Å²) < 4.78 is 17.0. The number of esters is 1. The van der Waals surface area contributed by atoms with Crippen LogP contribution >= 0.6 is 0 Å². The molecule has 0 fully saturated rings. The molecule has 3 rings (SSSR count). The molecule has 2 unspecified atom stereocenters. The summed E-state index contributed by atoms with van der Waals surface area (Å²) >= 11 is 0. The minimum atomic E-state index is -1.01. The topological polar surface area (TPSA) is 123 Å². The van der Waals surface area contributed by atoms with E-state index in [-0.39, 0.29) is 52.4 Å². The molecule has 0 saturated carbocycles. The van der Waals surface area contributed by atoms with E-state index in [0.29, 0.717) is 12.0 Å². The van der Waals surface area contributed by atoms with E-state index in [1.807, 2.05) is 13.8 Å². The number of ether oxygens (including phenoxy) is 2. The minimum Gasteiger partial charge on any atom is -0.507 e. The maximum absolute atomic E-state index is 13.1. The molecule has 1 aliphatic heterocycles. The van der Waals surface area contributed by atoms with Gasteiger partial charge in [-0.2, -0.15) is 0 Å². The fraction of sp³-hybridized carbons (Fsp3) is 0.542. The number of benzene rings is 1. The van der Waals surface area contributed by atoms with Gasteiger partial charge in [0.15, 0.2) is 11.4 Å². The molecule has 0 spiro atoms. The van der Waals surface area contributed by atoms with Crippen molar-refractivity contribution in [3.8, 4) is 11.5 Å². The molecule has 2 heterocycles. The molecule has 1 aromatic heterocycles. The fourth-order valence-electron chi connectivity index (χ4n) is 4.06. The van der Waals surface area contributed by atoms with Crippen LogP contribution < -0.4 is 10.4 Å². The molecule has 2 aromatic rings. The highest BCUT2D eigenvalue weighted by atomic mass is 16.5. The highest BCUT2D eigenvalue weighted by molar-refractivity contribution is 6.11. The zero-order valence-electron chi connectivity index (χ0n) is 19.3. The molecule has 2 atom stereocenters. The average molecular weight is 446 g/mol. The van der Waals surface area contributed by atoms with Crippen LogP contribution in [0, 0.1) is 5.92 Å². The van der Waals surface area contributed by atoms with Crippen LogP contribution in [0.1, 0.15) is 82.0 Å². The Hall–Kier alpha value is -2.87. The first-order valence-electron chi connectivity index (χ1n) is 10.8. The molecule has 0 amide bonds. The number of phenols is 1. The smallest absolute Gasteiger partial charge is 0.336 e. The van der Waals surface area contributed by atoms with Crippen molar-refractivity contribution in [3.63, 3.8) is 0 Å². The third kappa shape index (κ3) is 4.24. The number of aliphatic hydroxyl groups excluding tert-OH is 1. The number of aromatic hydroxyl groups is 1. The summed E-state index contributed by atoms with van der Waals surface area (Å²) in [6, 6.07) is 1.22. The van der Waals surface area contributed by atoms with E-state index in [0.717, 1.165) is 0 Å². The minimum absolute atomic E-state index is 0.00639. The number of carbonyl (C=O) groups is 2. The van der Waals surface area contributed by atoms with Crippen LogP contribution in [0.2, 0.25) is 0 Å². The van der Waals surface area contributed by atoms with Crippen LogP contribution in [-0.4, -0.2) is 33.7 Å². The fourth-order valence-corrected chi connectivity index (χ4v) is 4.06. The zero-order valence-corrected chi connectivity index (χ0v) is 19.3. The second-order valence-electron chi connectivity index (χ2n) is 9.21. The van der Waals surface area contributed by atoms with Crippen molar-refractivity contribution in [3.05, 3.63) is 33.2 Å². The standard InChI is InChI=1S/C24H30O8/c1-7-16(30-12(4)25)13-10-18(28)31-23-19(13)22-14(9-17(27)24(5,6)32-22)21(29)20(23)15(26)8-11(2)3/h10-11,16-17,27,29H,7-9H2,1-6H3. The third-order valence-electron chi connectivity index (χ3n) is 5.71. The summed E-state index contributed by atoms with van der Waals surface area (Å²) in [5.74, 6) is -1.09. The number of carbonyl (C=O) groups excluding carboxylic acids is 2. The van der Waals surface area contributed by atoms with Gasteiger partial charge in [-0.05, 0) is 26.2 Å². The summed E-state index contributed by atoms with van der Waals surface area (Å²) in [6.45, 7) is 10.2. The number of fused-ring (bicyclic) bond motifs is 3. The van der Waals surface area contributed by atoms with Crippen molar-refractivity contribution >= 4 is 22.7 Å². The van der Waals surface area contributed by atoms with Crippen LogP contribution in [0.25, 0.3) is 11.0 Å². The first kappa shape index (κ1) is 23.8. The van der Waals surface area contributed by atoms with Gasteiger partial charge in [0.25, 0.3) is 0 Å². The Labute approximate surface area is 186 Å². The number of aliphatic hydroxyl groups is 1. The normalized spacial score (nSPS) is 18.2. The summed E-state index contributed by atoms with van der Waals surface area (Å²) in [5.41, 5.74) is -1.40. The molecule has 0 aliphatic carbocycles. The largest absolute Gasteiger partial charge is 0.507 e. The van der Waals surface area contributed by atoms with E-state index in [4.69, 9.17) is 13.9 Å². The van der Waals surface area contributed by atoms with Crippen molar-refractivity contribution < 1.29 is 33.7 Å². The molecule has 0 bridgehead atoms. The van der Waals surface area contributed by atoms with Crippen molar-refractivity contribution in [1.29, 1.82) is 0 Å². The Kier molecular flexibility index (Phi) is 6.38. The molecule has 2 N–H and O–H groups in total. The molecular formula is C24H30O8. The summed E-state index contributed by atoms with van der Waals surface area (Å²) in [6.07, 6.45) is -1.23. The number of Topliss-reactive ketones (excluding diaryl/α,β-unsaturated/α-hetero) is 1. The Morgan fingerprint density at radius 2 is 1.97 bits per heavy atom. The van der Waals surface area contributed by atoms with E-state index in [1.54, 1.807) is 20.8 Å². The summed E-state index contributed by atoms with van der Waals surface area (Å²) in [7, 11) is 0. The lowest BCUT2D eigenvalue weighted by molar-refractivity contribution is -0.146. The maximum Gasteiger partial charge on any atom is 0.336 e. The third-order valence-corrected chi connectivity index (χ3v) is 5.71. The molecule has 0 radical (unpaired) electrons. The number of ketones is 1. The van der Waals surface area contributed by atoms with Gasteiger partial charge in [0.2, 0.25) is 0 Å². The molecule has 1 aromatic carbocycles. The van der Waals surface area contributed by atoms with E-state index in [2.05, 4.69) is 0 Å². The highest BCUT2D eigenvalue weighted by Crippen LogP contribution is 2.48. The van der Waals surface area contributed by atoms with Crippen molar-refractivity contribution in [2.45, 2.75) is 78.6 Å². The van der Waals surface area contributed by atoms with Gasteiger partial charge in [0.05, 0.1) is 11.5 Å². The Morgan fingerprint density at radius 3 is 2.53 bits per heavy atom. The molecule has 1 aliphatic rings. The first-order chi connectivity index (χ1) is 14.9. The van der Waals surface area contributed by atoms with Gasteiger partial charge in [-0.25, -0.2) is 4.79 Å². The average Bonchev–Trinajstić information content (AvgIpc) is 2.66. The molecule has 174 valence electrons. The number of phenolic OH excluding ortho intramolecular Hbond substituents is 1. The van der Waals surface area contributed by atoms with E-state index in [9.17, 15) is 24.6 Å². The zero-order chi connectivity index (χ0) is 24.0. The van der Waals surface area contributed by atoms with Gasteiger partial charge in [-0.15, -0.1) is 0 Å². The van der Waals surface area contributed by atoms with E-state index in [1.165, 1.54) is 13.0 Å². The van der Waals surface area contributed by atoms with Crippen LogP contribution in [0.15, 0.2) is 15.3 Å². The van der Waals surface area contributed by atoms with E-state index >= 15 is 0 Å². The molecule has 0 saturated heterocycles. The summed E-state index contributed by atoms with van der Waals surface area (Å²) in [4.78, 5) is 37.3. The SMILES string of the molecule is CCC(OC(C)=O)c1cc(=O)oc2c(C(=O)CC(C)C)c(O)c3c(c12)OC(C)(C)C(O)C3. The number of hydrogen-bond acceptors (Lipinski definition) is 8. The molecule has 8 heteroatoms. The number of rotatable bonds is 6. The lowest BCUT2D eigenvalue weighted by Gasteiger charge is -2.38. The van der Waals surface area contributed by atoms with Crippen LogP contribution in [-0.2, 0) is 16.0 Å². The van der Waals surface area contributed by atoms with Gasteiger partial charge in [-0.3, -0.25) is 9.59 Å². The van der Waals surface area contributed by atoms with Crippen molar-refractivity contribution in [1.82, 2.24) is 0 Å². The molecular weight excluding hydrogens is 416 g/mol. The monoisotopic (exact) mass is 446 g/mol. The Morgan fingerprint density at radius 1 is 1.31 bits per heavy atom. The Balaban J connectivity index is 2.47. The maximum atomic E-state index is 13.1. The van der Waals surface area contributed by atoms with Crippen molar-refractivity contribution in [2.75, 3.05) is 0 Å². The lowest BCUT2D eigenvalue weighted by Crippen LogP contribution is -2.46. The Bertz CT molecular complexity index is 1130. The lowest BCUT2D eigenvalue weighted by atomic mass is 9.85. The highest BCUT2D eigenvalue weighted by Gasteiger charge is 2.41. The van der Waals surface area contributed by atoms with Crippen LogP contribution in [0.3, 0.4) is 0 Å². The van der Waals surface area contributed by atoms with Gasteiger partial charge in [0, 0.05) is 37.0 Å². The second kappa shape index (κ2) is 8.58. The van der Waals surface area contributed by atoms with E-state index < -0.39 is 35.2 Å². The first-order valence-corrected chi connectivity index (χ1v) is 10.8. The predicted octanol–water partition coefficient (Wildman–Crippen LogP) is 3.82. The molecule has 8 nitrogen and oxygen atoms in total. The number of hydrogen-bond donors (Lipinski definition) is 2. The van der Waals surface area contributed by atoms with Gasteiger partial charge in [-0.1, -0.05) is 20.8 Å².